The number of carbonyl (C=O) groups is 1. The quantitative estimate of drug-likeness (QED) is 0.459. The molecule has 0 spiro atoms. The van der Waals surface area contributed by atoms with E-state index >= 15 is 0 Å². The molecule has 0 heterocycles. The van der Waals surface area contributed by atoms with Crippen molar-refractivity contribution < 1.29 is 9.72 Å². The number of hydrogen-bond donors (Lipinski definition) is 0. The number of ketones is 1. The van der Waals surface area contributed by atoms with Crippen LogP contribution in [-0.2, 0) is 4.79 Å². The van der Waals surface area contributed by atoms with Crippen LogP contribution in [0.5, 0.6) is 0 Å². The fourth-order valence-electron chi connectivity index (χ4n) is 2.00. The van der Waals surface area contributed by atoms with Gasteiger partial charge in [-0.3, -0.25) is 14.9 Å². The summed E-state index contributed by atoms with van der Waals surface area (Å²) in [6, 6.07) is 13.9. The van der Waals surface area contributed by atoms with Crippen LogP contribution < -0.4 is 4.90 Å². The molecule has 0 radical (unpaired) electrons. The smallest absolute Gasteiger partial charge is 0.269 e. The minimum atomic E-state index is -0.455. The van der Waals surface area contributed by atoms with Crippen LogP contribution in [0.4, 0.5) is 11.4 Å². The first-order valence-electron chi connectivity index (χ1n) is 7.38. The van der Waals surface area contributed by atoms with E-state index in [2.05, 4.69) is 0 Å². The van der Waals surface area contributed by atoms with Crippen LogP contribution in [0.25, 0.3) is 12.2 Å². The molecule has 24 heavy (non-hydrogen) atoms. The number of rotatable bonds is 6. The third kappa shape index (κ3) is 4.91. The van der Waals surface area contributed by atoms with E-state index < -0.39 is 4.92 Å². The monoisotopic (exact) mass is 322 g/mol. The van der Waals surface area contributed by atoms with Gasteiger partial charge in [0.1, 0.15) is 0 Å². The molecule has 5 heteroatoms. The first kappa shape index (κ1) is 17.1. The summed E-state index contributed by atoms with van der Waals surface area (Å²) < 4.78 is 0. The number of nitro groups is 1. The number of hydrogen-bond acceptors (Lipinski definition) is 4. The summed E-state index contributed by atoms with van der Waals surface area (Å²) in [6.07, 6.45) is 6.31. The lowest BCUT2D eigenvalue weighted by Crippen LogP contribution is -2.07. The van der Waals surface area contributed by atoms with Crippen molar-refractivity contribution in [2.24, 2.45) is 0 Å². The molecule has 0 aliphatic carbocycles. The molecule has 0 saturated carbocycles. The number of benzene rings is 2. The van der Waals surface area contributed by atoms with E-state index in [1.54, 1.807) is 24.3 Å². The molecule has 0 aliphatic heterocycles. The first-order valence-corrected chi connectivity index (χ1v) is 7.38. The lowest BCUT2D eigenvalue weighted by molar-refractivity contribution is -0.384. The van der Waals surface area contributed by atoms with Gasteiger partial charge in [-0.15, -0.1) is 0 Å². The highest BCUT2D eigenvalue weighted by Gasteiger charge is 2.02. The highest BCUT2D eigenvalue weighted by Crippen LogP contribution is 2.14. The molecule has 0 bridgehead atoms. The summed E-state index contributed by atoms with van der Waals surface area (Å²) in [5, 5.41) is 10.6. The van der Waals surface area contributed by atoms with Gasteiger partial charge in [-0.05, 0) is 47.5 Å². The Kier molecular flexibility index (Phi) is 5.63. The summed E-state index contributed by atoms with van der Waals surface area (Å²) in [7, 11) is 3.94. The Morgan fingerprint density at radius 3 is 1.79 bits per heavy atom. The first-order chi connectivity index (χ1) is 11.5. The van der Waals surface area contributed by atoms with Crippen LogP contribution in [0.2, 0.25) is 0 Å². The van der Waals surface area contributed by atoms with Crippen molar-refractivity contribution in [2.45, 2.75) is 0 Å². The number of non-ortho nitro benzene ring substituents is 1. The van der Waals surface area contributed by atoms with Crippen LogP contribution in [-0.4, -0.2) is 24.8 Å². The van der Waals surface area contributed by atoms with Crippen molar-refractivity contribution in [3.8, 4) is 0 Å². The normalized spacial score (nSPS) is 11.1. The van der Waals surface area contributed by atoms with Gasteiger partial charge in [0.15, 0.2) is 5.78 Å². The van der Waals surface area contributed by atoms with Crippen LogP contribution in [0.3, 0.4) is 0 Å². The van der Waals surface area contributed by atoms with Gasteiger partial charge >= 0.3 is 0 Å². The third-order valence-corrected chi connectivity index (χ3v) is 3.39. The van der Waals surface area contributed by atoms with Gasteiger partial charge in [0, 0.05) is 31.9 Å². The second kappa shape index (κ2) is 7.87. The van der Waals surface area contributed by atoms with Gasteiger partial charge in [-0.2, -0.15) is 0 Å². The maximum absolute atomic E-state index is 11.8. The van der Waals surface area contributed by atoms with Gasteiger partial charge in [-0.25, -0.2) is 0 Å². The Labute approximate surface area is 140 Å². The van der Waals surface area contributed by atoms with E-state index in [1.165, 1.54) is 24.3 Å². The molecule has 5 nitrogen and oxygen atoms in total. The molecule has 0 aromatic heterocycles. The molecular formula is C19H18N2O3. The molecule has 0 saturated heterocycles. The third-order valence-electron chi connectivity index (χ3n) is 3.39. The Morgan fingerprint density at radius 2 is 1.38 bits per heavy atom. The van der Waals surface area contributed by atoms with Gasteiger partial charge in [0.2, 0.25) is 0 Å². The predicted octanol–water partition coefficient (Wildman–Crippen LogP) is 3.96. The molecule has 2 aromatic carbocycles. The average Bonchev–Trinajstić information content (AvgIpc) is 2.58. The summed E-state index contributed by atoms with van der Waals surface area (Å²) in [4.78, 5) is 24.0. The van der Waals surface area contributed by atoms with Crippen molar-refractivity contribution in [1.29, 1.82) is 0 Å². The lowest BCUT2D eigenvalue weighted by Gasteiger charge is -2.11. The average molecular weight is 322 g/mol. The van der Waals surface area contributed by atoms with Crippen LogP contribution in [0, 0.1) is 10.1 Å². The van der Waals surface area contributed by atoms with E-state index in [4.69, 9.17) is 0 Å². The molecule has 0 fully saturated rings. The second-order valence-corrected chi connectivity index (χ2v) is 5.40. The number of allylic oxidation sites excluding steroid dienone is 2. The van der Waals surface area contributed by atoms with Crippen molar-refractivity contribution >= 4 is 29.3 Å². The van der Waals surface area contributed by atoms with Gasteiger partial charge < -0.3 is 4.90 Å². The molecule has 0 atom stereocenters. The van der Waals surface area contributed by atoms with Crippen molar-refractivity contribution in [1.82, 2.24) is 0 Å². The molecule has 2 aromatic rings. The van der Waals surface area contributed by atoms with Crippen molar-refractivity contribution in [3.05, 3.63) is 81.9 Å². The molecule has 0 unspecified atom stereocenters. The van der Waals surface area contributed by atoms with E-state index in [-0.39, 0.29) is 11.5 Å². The molecule has 0 N–H and O–H groups in total. The molecule has 0 aliphatic rings. The van der Waals surface area contributed by atoms with Crippen LogP contribution in [0.15, 0.2) is 60.7 Å². The van der Waals surface area contributed by atoms with E-state index in [9.17, 15) is 14.9 Å². The minimum Gasteiger partial charge on any atom is -0.378 e. The summed E-state index contributed by atoms with van der Waals surface area (Å²) in [5.74, 6) is -0.148. The fourth-order valence-corrected chi connectivity index (χ4v) is 2.00. The fraction of sp³-hybridized carbons (Fsp3) is 0.105. The van der Waals surface area contributed by atoms with E-state index in [0.29, 0.717) is 0 Å². The van der Waals surface area contributed by atoms with Gasteiger partial charge in [0.05, 0.1) is 4.92 Å². The Morgan fingerprint density at radius 1 is 0.917 bits per heavy atom. The molecule has 122 valence electrons. The molecular weight excluding hydrogens is 304 g/mol. The SMILES string of the molecule is CN(C)c1ccc(/C=C/C(=O)/C=C/c2ccc([N+](=O)[O-])cc2)cc1. The van der Waals surface area contributed by atoms with Crippen molar-refractivity contribution in [3.63, 3.8) is 0 Å². The van der Waals surface area contributed by atoms with Gasteiger partial charge in [-0.1, -0.05) is 24.3 Å². The minimum absolute atomic E-state index is 0.0274. The van der Waals surface area contributed by atoms with Gasteiger partial charge in [0.25, 0.3) is 5.69 Å². The summed E-state index contributed by atoms with van der Waals surface area (Å²) >= 11 is 0. The zero-order valence-corrected chi connectivity index (χ0v) is 13.5. The Hall–Kier alpha value is -3.21. The number of nitro benzene ring substituents is 1. The number of nitrogens with zero attached hydrogens (tertiary/aromatic N) is 2. The zero-order valence-electron chi connectivity index (χ0n) is 13.5. The molecule has 0 amide bonds. The highest BCUT2D eigenvalue weighted by molar-refractivity contribution is 6.04. The standard InChI is InChI=1S/C19H18N2O3/c1-20(2)17-9-3-15(4-10-17)7-13-19(22)14-8-16-5-11-18(12-6-16)21(23)24/h3-14H,1-2H3/b13-7+,14-8+. The van der Waals surface area contributed by atoms with Crippen LogP contribution >= 0.6 is 0 Å². The number of anilines is 1. The largest absolute Gasteiger partial charge is 0.378 e. The van der Waals surface area contributed by atoms with Crippen molar-refractivity contribution in [2.75, 3.05) is 19.0 Å². The Balaban J connectivity index is 1.97. The summed E-state index contributed by atoms with van der Waals surface area (Å²) in [5.41, 5.74) is 2.80. The maximum atomic E-state index is 11.8. The van der Waals surface area contributed by atoms with E-state index in [0.717, 1.165) is 16.8 Å². The van der Waals surface area contributed by atoms with E-state index in [1.807, 2.05) is 43.3 Å². The zero-order chi connectivity index (χ0) is 17.5. The second-order valence-electron chi connectivity index (χ2n) is 5.40. The molecule has 2 rings (SSSR count). The lowest BCUT2D eigenvalue weighted by atomic mass is 10.1. The predicted molar refractivity (Wildman–Crippen MR) is 96.9 cm³/mol. The number of carbonyl (C=O) groups excluding carboxylic acids is 1. The Bertz CT molecular complexity index is 773. The highest BCUT2D eigenvalue weighted by atomic mass is 16.6. The van der Waals surface area contributed by atoms with Crippen LogP contribution in [0.1, 0.15) is 11.1 Å². The topological polar surface area (TPSA) is 63.5 Å². The maximum Gasteiger partial charge on any atom is 0.269 e. The summed E-state index contributed by atoms with van der Waals surface area (Å²) in [6.45, 7) is 0.